The van der Waals surface area contributed by atoms with Gasteiger partial charge in [-0.15, -0.1) is 0 Å². The summed E-state index contributed by atoms with van der Waals surface area (Å²) in [7, 11) is 2.10. The van der Waals surface area contributed by atoms with Crippen LogP contribution in [0.4, 0.5) is 0 Å². The highest BCUT2D eigenvalue weighted by Crippen LogP contribution is 2.54. The van der Waals surface area contributed by atoms with Gasteiger partial charge in [-0.3, -0.25) is 0 Å². The van der Waals surface area contributed by atoms with Crippen LogP contribution in [0.25, 0.3) is 0 Å². The van der Waals surface area contributed by atoms with E-state index in [2.05, 4.69) is 19.3 Å². The Balaban J connectivity index is 2.08. The van der Waals surface area contributed by atoms with Gasteiger partial charge in [0.05, 0.1) is 0 Å². The summed E-state index contributed by atoms with van der Waals surface area (Å²) in [5.74, 6) is 0. The van der Waals surface area contributed by atoms with Crippen molar-refractivity contribution in [3.05, 3.63) is 0 Å². The van der Waals surface area contributed by atoms with Crippen LogP contribution >= 0.6 is 0 Å². The van der Waals surface area contributed by atoms with Gasteiger partial charge >= 0.3 is 0 Å². The molecule has 2 heteroatoms. The average molecular weight is 169 g/mol. The van der Waals surface area contributed by atoms with Crippen molar-refractivity contribution < 1.29 is 4.74 Å². The molecule has 70 valence electrons. The molecule has 0 unspecified atom stereocenters. The Labute approximate surface area is 74.7 Å². The Morgan fingerprint density at radius 1 is 1.08 bits per heavy atom. The monoisotopic (exact) mass is 169 g/mol. The van der Waals surface area contributed by atoms with Crippen molar-refractivity contribution in [1.29, 1.82) is 0 Å². The summed E-state index contributed by atoms with van der Waals surface area (Å²) >= 11 is 0. The largest absolute Gasteiger partial charge is 0.381 e. The van der Waals surface area contributed by atoms with Crippen molar-refractivity contribution in [2.24, 2.45) is 5.41 Å². The summed E-state index contributed by atoms with van der Waals surface area (Å²) in [5.41, 5.74) is 0.969. The fourth-order valence-electron chi connectivity index (χ4n) is 2.58. The fourth-order valence-corrected chi connectivity index (χ4v) is 2.58. The van der Waals surface area contributed by atoms with Gasteiger partial charge in [-0.1, -0.05) is 6.92 Å². The Morgan fingerprint density at radius 3 is 2.08 bits per heavy atom. The summed E-state index contributed by atoms with van der Waals surface area (Å²) in [5, 5.41) is 3.51. The van der Waals surface area contributed by atoms with E-state index in [0.29, 0.717) is 11.0 Å². The molecule has 2 nitrogen and oxygen atoms in total. The first-order chi connectivity index (χ1) is 5.72. The highest BCUT2D eigenvalue weighted by atomic mass is 16.5. The Hall–Kier alpha value is -0.0800. The molecule has 2 aliphatic rings. The second kappa shape index (κ2) is 2.71. The fraction of sp³-hybridized carbons (Fsp3) is 1.00. The third-order valence-electron chi connectivity index (χ3n) is 3.98. The summed E-state index contributed by atoms with van der Waals surface area (Å²) in [4.78, 5) is 0. The lowest BCUT2D eigenvalue weighted by atomic mass is 9.73. The normalized spacial score (nSPS) is 31.5. The summed E-state index contributed by atoms with van der Waals surface area (Å²) in [6, 6.07) is 0. The first-order valence-corrected chi connectivity index (χ1v) is 4.99. The molecule has 0 spiro atoms. The van der Waals surface area contributed by atoms with Gasteiger partial charge in [-0.25, -0.2) is 0 Å². The van der Waals surface area contributed by atoms with E-state index in [4.69, 9.17) is 4.74 Å². The van der Waals surface area contributed by atoms with Crippen molar-refractivity contribution in [2.45, 2.75) is 38.1 Å². The molecule has 1 saturated carbocycles. The molecule has 0 aromatic rings. The molecule has 0 aromatic heterocycles. The van der Waals surface area contributed by atoms with Crippen LogP contribution < -0.4 is 5.32 Å². The highest BCUT2D eigenvalue weighted by Gasteiger charge is 2.55. The molecule has 1 aliphatic carbocycles. The minimum absolute atomic E-state index is 0.469. The van der Waals surface area contributed by atoms with Crippen molar-refractivity contribution in [1.82, 2.24) is 5.32 Å². The molecule has 1 N–H and O–H groups in total. The minimum atomic E-state index is 0.469. The van der Waals surface area contributed by atoms with E-state index in [9.17, 15) is 0 Å². The summed E-state index contributed by atoms with van der Waals surface area (Å²) < 4.78 is 5.40. The number of nitrogens with one attached hydrogen (secondary N) is 1. The van der Waals surface area contributed by atoms with Gasteiger partial charge in [-0.2, -0.15) is 0 Å². The molecule has 0 radical (unpaired) electrons. The van der Waals surface area contributed by atoms with Crippen LogP contribution in [0.1, 0.15) is 32.6 Å². The van der Waals surface area contributed by atoms with Gasteiger partial charge in [-0.05, 0) is 38.1 Å². The molecule has 2 rings (SSSR count). The molecule has 0 bridgehead atoms. The summed E-state index contributed by atoms with van der Waals surface area (Å²) in [6.07, 6.45) is 5.18. The van der Waals surface area contributed by atoms with Crippen molar-refractivity contribution in [3.8, 4) is 0 Å². The van der Waals surface area contributed by atoms with E-state index in [1.54, 1.807) is 0 Å². The first kappa shape index (κ1) is 8.52. The zero-order valence-corrected chi connectivity index (χ0v) is 8.15. The number of hydrogen-bond donors (Lipinski definition) is 1. The summed E-state index contributed by atoms with van der Waals surface area (Å²) in [6.45, 7) is 4.33. The van der Waals surface area contributed by atoms with E-state index < -0.39 is 0 Å². The van der Waals surface area contributed by atoms with Crippen LogP contribution in [-0.2, 0) is 4.74 Å². The van der Waals surface area contributed by atoms with Crippen LogP contribution in [0.5, 0.6) is 0 Å². The second-order valence-electron chi connectivity index (χ2n) is 4.51. The third kappa shape index (κ3) is 1.09. The number of ether oxygens (including phenoxy) is 1. The smallest absolute Gasteiger partial charge is 0.0471 e. The maximum absolute atomic E-state index is 5.40. The Kier molecular flexibility index (Phi) is 1.92. The number of hydrogen-bond acceptors (Lipinski definition) is 2. The van der Waals surface area contributed by atoms with Gasteiger partial charge < -0.3 is 10.1 Å². The third-order valence-corrected chi connectivity index (χ3v) is 3.98. The van der Waals surface area contributed by atoms with Crippen LogP contribution in [0.2, 0.25) is 0 Å². The molecule has 1 aliphatic heterocycles. The Bertz CT molecular complexity index is 169. The molecule has 1 saturated heterocycles. The molecule has 2 fully saturated rings. The molecule has 0 amide bonds. The van der Waals surface area contributed by atoms with Gasteiger partial charge in [0, 0.05) is 18.8 Å². The predicted octanol–water partition coefficient (Wildman–Crippen LogP) is 1.56. The highest BCUT2D eigenvalue weighted by molar-refractivity contribution is 5.12. The lowest BCUT2D eigenvalue weighted by Crippen LogP contribution is -2.47. The molecular formula is C10H19NO. The van der Waals surface area contributed by atoms with Crippen LogP contribution in [0, 0.1) is 5.41 Å². The van der Waals surface area contributed by atoms with Gasteiger partial charge in [0.15, 0.2) is 0 Å². The minimum Gasteiger partial charge on any atom is -0.381 e. The maximum Gasteiger partial charge on any atom is 0.0471 e. The number of rotatable bonds is 2. The first-order valence-electron chi connectivity index (χ1n) is 4.99. The average Bonchev–Trinajstić information content (AvgIpc) is 2.86. The molecular weight excluding hydrogens is 150 g/mol. The van der Waals surface area contributed by atoms with Crippen molar-refractivity contribution >= 4 is 0 Å². The molecule has 12 heavy (non-hydrogen) atoms. The van der Waals surface area contributed by atoms with E-state index in [-0.39, 0.29) is 0 Å². The second-order valence-corrected chi connectivity index (χ2v) is 4.51. The van der Waals surface area contributed by atoms with E-state index in [1.807, 2.05) is 0 Å². The molecule has 1 heterocycles. The van der Waals surface area contributed by atoms with E-state index in [0.717, 1.165) is 13.2 Å². The van der Waals surface area contributed by atoms with Gasteiger partial charge in [0.2, 0.25) is 0 Å². The Morgan fingerprint density at radius 2 is 1.67 bits per heavy atom. The maximum atomic E-state index is 5.40. The van der Waals surface area contributed by atoms with Crippen molar-refractivity contribution in [2.75, 3.05) is 20.3 Å². The zero-order valence-electron chi connectivity index (χ0n) is 8.15. The SMILES string of the molecule is CNC1(C2(C)CCOCC2)CC1. The van der Waals surface area contributed by atoms with Crippen LogP contribution in [-0.4, -0.2) is 25.8 Å². The topological polar surface area (TPSA) is 21.3 Å². The van der Waals surface area contributed by atoms with E-state index >= 15 is 0 Å². The lowest BCUT2D eigenvalue weighted by molar-refractivity contribution is -0.00107. The molecule has 0 aromatic carbocycles. The van der Waals surface area contributed by atoms with Gasteiger partial charge in [0.1, 0.15) is 0 Å². The van der Waals surface area contributed by atoms with Crippen LogP contribution in [0.3, 0.4) is 0 Å². The quantitative estimate of drug-likeness (QED) is 0.677. The van der Waals surface area contributed by atoms with E-state index in [1.165, 1.54) is 25.7 Å². The van der Waals surface area contributed by atoms with Crippen molar-refractivity contribution in [3.63, 3.8) is 0 Å². The molecule has 0 atom stereocenters. The zero-order chi connectivity index (χ0) is 8.66. The lowest BCUT2D eigenvalue weighted by Gasteiger charge is -2.41. The van der Waals surface area contributed by atoms with Crippen LogP contribution in [0.15, 0.2) is 0 Å². The predicted molar refractivity (Wildman–Crippen MR) is 49.2 cm³/mol. The standard InChI is InChI=1S/C10H19NO/c1-9(5-7-12-8-6-9)10(11-2)3-4-10/h11H,3-8H2,1-2H3. The van der Waals surface area contributed by atoms with Gasteiger partial charge in [0.25, 0.3) is 0 Å².